The number of ether oxygens (including phenoxy) is 2. The molecule has 0 saturated heterocycles. The molecule has 22 heavy (non-hydrogen) atoms. The van der Waals surface area contributed by atoms with E-state index in [1.54, 1.807) is 0 Å². The molecule has 2 rings (SSSR count). The molecule has 0 unspecified atom stereocenters. The van der Waals surface area contributed by atoms with Crippen molar-refractivity contribution < 1.29 is 9.47 Å². The van der Waals surface area contributed by atoms with Crippen molar-refractivity contribution in [1.82, 2.24) is 5.32 Å². The van der Waals surface area contributed by atoms with Crippen molar-refractivity contribution in [3.63, 3.8) is 0 Å². The summed E-state index contributed by atoms with van der Waals surface area (Å²) in [5.74, 6) is 1.76. The van der Waals surface area contributed by atoms with Crippen molar-refractivity contribution >= 4 is 0 Å². The second-order valence-electron chi connectivity index (χ2n) is 5.05. The molecule has 0 aliphatic heterocycles. The van der Waals surface area contributed by atoms with E-state index in [0.29, 0.717) is 13.2 Å². The van der Waals surface area contributed by atoms with Gasteiger partial charge in [0, 0.05) is 18.2 Å². The zero-order valence-electron chi connectivity index (χ0n) is 13.5. The average Bonchev–Trinajstić information content (AvgIpc) is 2.55. The first kappa shape index (κ1) is 16.4. The summed E-state index contributed by atoms with van der Waals surface area (Å²) in [4.78, 5) is 0. The van der Waals surface area contributed by atoms with E-state index in [-0.39, 0.29) is 0 Å². The topological polar surface area (TPSA) is 30.5 Å². The Balaban J connectivity index is 1.88. The monoisotopic (exact) mass is 299 g/mol. The van der Waals surface area contributed by atoms with Crippen LogP contribution >= 0.6 is 0 Å². The van der Waals surface area contributed by atoms with E-state index in [2.05, 4.69) is 35.6 Å². The molecule has 3 nitrogen and oxygen atoms in total. The van der Waals surface area contributed by atoms with Gasteiger partial charge in [-0.15, -0.1) is 0 Å². The molecule has 0 atom stereocenters. The van der Waals surface area contributed by atoms with Crippen molar-refractivity contribution in [1.29, 1.82) is 0 Å². The lowest BCUT2D eigenvalue weighted by atomic mass is 10.1. The lowest BCUT2D eigenvalue weighted by molar-refractivity contribution is 0.320. The molecule has 3 heteroatoms. The van der Waals surface area contributed by atoms with Crippen LogP contribution in [0.2, 0.25) is 0 Å². The van der Waals surface area contributed by atoms with Crippen molar-refractivity contribution in [2.24, 2.45) is 0 Å². The minimum atomic E-state index is 0.659. The third-order valence-electron chi connectivity index (χ3n) is 3.40. The minimum absolute atomic E-state index is 0.659. The molecule has 0 aromatic heterocycles. The van der Waals surface area contributed by atoms with E-state index < -0.39 is 0 Å². The molecule has 2 aromatic carbocycles. The lowest BCUT2D eigenvalue weighted by Gasteiger charge is -2.13. The van der Waals surface area contributed by atoms with E-state index in [0.717, 1.165) is 31.0 Å². The van der Waals surface area contributed by atoms with Crippen molar-refractivity contribution in [2.75, 3.05) is 19.8 Å². The van der Waals surface area contributed by atoms with E-state index in [4.69, 9.17) is 9.47 Å². The van der Waals surface area contributed by atoms with Crippen LogP contribution in [0.1, 0.15) is 25.0 Å². The SMILES string of the molecule is CCOc1ccc(CNCCc2ccccc2)c(OCC)c1. The van der Waals surface area contributed by atoms with Crippen LogP contribution in [0.25, 0.3) is 0 Å². The molecule has 1 N–H and O–H groups in total. The first-order chi connectivity index (χ1) is 10.8. The zero-order valence-corrected chi connectivity index (χ0v) is 13.5. The quantitative estimate of drug-likeness (QED) is 0.714. The fourth-order valence-electron chi connectivity index (χ4n) is 2.33. The molecule has 0 saturated carbocycles. The summed E-state index contributed by atoms with van der Waals surface area (Å²) in [6.07, 6.45) is 1.03. The van der Waals surface area contributed by atoms with Gasteiger partial charge in [0.25, 0.3) is 0 Å². The minimum Gasteiger partial charge on any atom is -0.494 e. The van der Waals surface area contributed by atoms with Gasteiger partial charge in [-0.2, -0.15) is 0 Å². The third kappa shape index (κ3) is 5.08. The van der Waals surface area contributed by atoms with Gasteiger partial charge in [-0.1, -0.05) is 36.4 Å². The summed E-state index contributed by atoms with van der Waals surface area (Å²) >= 11 is 0. The van der Waals surface area contributed by atoms with Crippen LogP contribution in [0.15, 0.2) is 48.5 Å². The Morgan fingerprint density at radius 2 is 1.68 bits per heavy atom. The molecule has 0 radical (unpaired) electrons. The van der Waals surface area contributed by atoms with Crippen LogP contribution in [0.5, 0.6) is 11.5 Å². The van der Waals surface area contributed by atoms with Gasteiger partial charge in [-0.3, -0.25) is 0 Å². The van der Waals surface area contributed by atoms with Gasteiger partial charge >= 0.3 is 0 Å². The predicted molar refractivity (Wildman–Crippen MR) is 90.6 cm³/mol. The molecular weight excluding hydrogens is 274 g/mol. The Morgan fingerprint density at radius 3 is 2.41 bits per heavy atom. The van der Waals surface area contributed by atoms with Gasteiger partial charge in [0.15, 0.2) is 0 Å². The van der Waals surface area contributed by atoms with E-state index >= 15 is 0 Å². The lowest BCUT2D eigenvalue weighted by Crippen LogP contribution is -2.17. The number of hydrogen-bond donors (Lipinski definition) is 1. The molecule has 118 valence electrons. The van der Waals surface area contributed by atoms with Gasteiger partial charge < -0.3 is 14.8 Å². The van der Waals surface area contributed by atoms with Crippen molar-refractivity contribution in [2.45, 2.75) is 26.8 Å². The van der Waals surface area contributed by atoms with Crippen LogP contribution in [0, 0.1) is 0 Å². The molecule has 0 heterocycles. The van der Waals surface area contributed by atoms with E-state index in [1.807, 2.05) is 32.0 Å². The zero-order chi connectivity index (χ0) is 15.6. The smallest absolute Gasteiger partial charge is 0.127 e. The summed E-state index contributed by atoms with van der Waals surface area (Å²) in [5.41, 5.74) is 2.52. The Bertz CT molecular complexity index is 555. The molecule has 0 bridgehead atoms. The maximum absolute atomic E-state index is 5.72. The maximum atomic E-state index is 5.72. The average molecular weight is 299 g/mol. The second-order valence-corrected chi connectivity index (χ2v) is 5.05. The Labute approximate surface area is 133 Å². The third-order valence-corrected chi connectivity index (χ3v) is 3.40. The first-order valence-corrected chi connectivity index (χ1v) is 7.96. The highest BCUT2D eigenvalue weighted by atomic mass is 16.5. The van der Waals surface area contributed by atoms with Crippen LogP contribution in [0.4, 0.5) is 0 Å². The summed E-state index contributed by atoms with van der Waals surface area (Å²) in [5, 5.41) is 3.48. The van der Waals surface area contributed by atoms with Crippen LogP contribution in [-0.4, -0.2) is 19.8 Å². The molecule has 0 amide bonds. The molecule has 0 aliphatic rings. The Kier molecular flexibility index (Phi) is 6.78. The highest BCUT2D eigenvalue weighted by Gasteiger charge is 2.05. The Morgan fingerprint density at radius 1 is 0.909 bits per heavy atom. The van der Waals surface area contributed by atoms with Crippen LogP contribution in [-0.2, 0) is 13.0 Å². The highest BCUT2D eigenvalue weighted by molar-refractivity contribution is 5.40. The molecule has 2 aromatic rings. The van der Waals surface area contributed by atoms with Crippen molar-refractivity contribution in [3.8, 4) is 11.5 Å². The number of rotatable bonds is 9. The standard InChI is InChI=1S/C19H25NO2/c1-3-21-18-11-10-17(19(14-18)22-4-2)15-20-13-12-16-8-6-5-7-9-16/h5-11,14,20H,3-4,12-13,15H2,1-2H3. The largest absolute Gasteiger partial charge is 0.494 e. The molecule has 0 spiro atoms. The fraction of sp³-hybridized carbons (Fsp3) is 0.368. The second kappa shape index (κ2) is 9.11. The summed E-state index contributed by atoms with van der Waals surface area (Å²) in [6.45, 7) is 7.06. The number of hydrogen-bond acceptors (Lipinski definition) is 3. The van der Waals surface area contributed by atoms with E-state index in [9.17, 15) is 0 Å². The molecular formula is C19H25NO2. The summed E-state index contributed by atoms with van der Waals surface area (Å²) < 4.78 is 11.3. The molecule has 0 aliphatic carbocycles. The fourth-order valence-corrected chi connectivity index (χ4v) is 2.33. The Hall–Kier alpha value is -2.00. The summed E-state index contributed by atoms with van der Waals surface area (Å²) in [7, 11) is 0. The van der Waals surface area contributed by atoms with Gasteiger partial charge in [0.05, 0.1) is 13.2 Å². The predicted octanol–water partition coefficient (Wildman–Crippen LogP) is 3.82. The van der Waals surface area contributed by atoms with Gasteiger partial charge in [0.1, 0.15) is 11.5 Å². The van der Waals surface area contributed by atoms with Gasteiger partial charge in [-0.25, -0.2) is 0 Å². The van der Waals surface area contributed by atoms with Crippen LogP contribution in [0.3, 0.4) is 0 Å². The number of benzene rings is 2. The normalized spacial score (nSPS) is 10.5. The maximum Gasteiger partial charge on any atom is 0.127 e. The van der Waals surface area contributed by atoms with Crippen LogP contribution < -0.4 is 14.8 Å². The number of nitrogens with one attached hydrogen (secondary N) is 1. The van der Waals surface area contributed by atoms with Gasteiger partial charge in [0.2, 0.25) is 0 Å². The first-order valence-electron chi connectivity index (χ1n) is 7.96. The highest BCUT2D eigenvalue weighted by Crippen LogP contribution is 2.25. The summed E-state index contributed by atoms with van der Waals surface area (Å²) in [6, 6.07) is 16.6. The van der Waals surface area contributed by atoms with E-state index in [1.165, 1.54) is 11.1 Å². The van der Waals surface area contributed by atoms with Crippen molar-refractivity contribution in [3.05, 3.63) is 59.7 Å². The molecule has 0 fully saturated rings. The van der Waals surface area contributed by atoms with Gasteiger partial charge in [-0.05, 0) is 38.4 Å².